The van der Waals surface area contributed by atoms with Gasteiger partial charge in [-0.25, -0.2) is 0 Å². The zero-order chi connectivity index (χ0) is 12.1. The summed E-state index contributed by atoms with van der Waals surface area (Å²) in [6.45, 7) is 1.92. The molecule has 2 N–H and O–H groups in total. The maximum atomic E-state index is 10.8. The van der Waals surface area contributed by atoms with Crippen molar-refractivity contribution < 1.29 is 14.3 Å². The lowest BCUT2D eigenvalue weighted by atomic mass is 10.0. The summed E-state index contributed by atoms with van der Waals surface area (Å²) in [5.74, 6) is 1.21. The quantitative estimate of drug-likeness (QED) is 0.766. The molecule has 0 aliphatic heterocycles. The molecule has 1 aromatic carbocycles. The van der Waals surface area contributed by atoms with E-state index in [9.17, 15) is 4.79 Å². The van der Waals surface area contributed by atoms with Crippen LogP contribution in [0.1, 0.15) is 22.8 Å². The second-order valence-electron chi connectivity index (χ2n) is 3.71. The molecular weight excluding hydrogens is 206 g/mol. The summed E-state index contributed by atoms with van der Waals surface area (Å²) in [7, 11) is 3.10. The van der Waals surface area contributed by atoms with E-state index < -0.39 is 0 Å². The van der Waals surface area contributed by atoms with E-state index in [0.29, 0.717) is 23.5 Å². The van der Waals surface area contributed by atoms with E-state index >= 15 is 0 Å². The second-order valence-corrected chi connectivity index (χ2v) is 3.71. The van der Waals surface area contributed by atoms with Crippen molar-refractivity contribution in [1.82, 2.24) is 0 Å². The van der Waals surface area contributed by atoms with Gasteiger partial charge in [-0.2, -0.15) is 0 Å². The molecule has 4 nitrogen and oxygen atoms in total. The molecule has 0 aromatic heterocycles. The fourth-order valence-corrected chi connectivity index (χ4v) is 1.58. The number of carbonyl (C=O) groups is 1. The third kappa shape index (κ3) is 2.73. The van der Waals surface area contributed by atoms with Crippen LogP contribution < -0.4 is 15.2 Å². The summed E-state index contributed by atoms with van der Waals surface area (Å²) >= 11 is 0. The van der Waals surface area contributed by atoms with Gasteiger partial charge in [0.25, 0.3) is 0 Å². The summed E-state index contributed by atoms with van der Waals surface area (Å²) in [5.41, 5.74) is 7.17. The predicted octanol–water partition coefficient (Wildman–Crippen LogP) is 1.41. The lowest BCUT2D eigenvalue weighted by Gasteiger charge is -2.13. The highest BCUT2D eigenvalue weighted by atomic mass is 16.5. The Balaban J connectivity index is 3.20. The summed E-state index contributed by atoms with van der Waals surface area (Å²) in [4.78, 5) is 10.8. The fraction of sp³-hybridized carbons (Fsp3) is 0.417. The maximum Gasteiger partial charge on any atom is 0.153 e. The van der Waals surface area contributed by atoms with Crippen molar-refractivity contribution in [2.24, 2.45) is 5.73 Å². The lowest BCUT2D eigenvalue weighted by Crippen LogP contribution is -2.18. The third-order valence-corrected chi connectivity index (χ3v) is 2.30. The molecule has 0 bridgehead atoms. The van der Waals surface area contributed by atoms with Gasteiger partial charge < -0.3 is 15.2 Å². The molecule has 0 spiro atoms. The molecule has 16 heavy (non-hydrogen) atoms. The Hall–Kier alpha value is -1.55. The molecule has 0 aliphatic carbocycles. The first-order valence-electron chi connectivity index (χ1n) is 5.08. The maximum absolute atomic E-state index is 10.8. The van der Waals surface area contributed by atoms with E-state index in [1.165, 1.54) is 7.11 Å². The average Bonchev–Trinajstić information content (AvgIpc) is 2.27. The Labute approximate surface area is 95.3 Å². The van der Waals surface area contributed by atoms with Crippen LogP contribution in [0.4, 0.5) is 0 Å². The van der Waals surface area contributed by atoms with Gasteiger partial charge in [-0.15, -0.1) is 0 Å². The number of rotatable bonds is 5. The number of ether oxygens (including phenoxy) is 2. The third-order valence-electron chi connectivity index (χ3n) is 2.30. The molecule has 0 amide bonds. The fourth-order valence-electron chi connectivity index (χ4n) is 1.58. The molecule has 0 saturated heterocycles. The first-order chi connectivity index (χ1) is 7.62. The van der Waals surface area contributed by atoms with Crippen LogP contribution in [0.25, 0.3) is 0 Å². The van der Waals surface area contributed by atoms with E-state index in [1.807, 2.05) is 6.92 Å². The van der Waals surface area contributed by atoms with Crippen LogP contribution in [0.5, 0.6) is 11.5 Å². The van der Waals surface area contributed by atoms with Gasteiger partial charge in [-0.05, 0) is 31.0 Å². The summed E-state index contributed by atoms with van der Waals surface area (Å²) < 4.78 is 10.3. The van der Waals surface area contributed by atoms with Crippen LogP contribution in [-0.2, 0) is 6.42 Å². The van der Waals surface area contributed by atoms with Crippen molar-refractivity contribution in [2.45, 2.75) is 19.4 Å². The molecule has 1 aromatic rings. The zero-order valence-electron chi connectivity index (χ0n) is 9.82. The van der Waals surface area contributed by atoms with E-state index in [4.69, 9.17) is 15.2 Å². The van der Waals surface area contributed by atoms with Gasteiger partial charge in [0.2, 0.25) is 0 Å². The highest BCUT2D eigenvalue weighted by Gasteiger charge is 2.11. The number of methoxy groups -OCH3 is 2. The van der Waals surface area contributed by atoms with Crippen molar-refractivity contribution in [1.29, 1.82) is 0 Å². The molecule has 1 rings (SSSR count). The van der Waals surface area contributed by atoms with Crippen molar-refractivity contribution in [3.8, 4) is 11.5 Å². The Morgan fingerprint density at radius 1 is 1.31 bits per heavy atom. The number of aldehydes is 1. The molecule has 0 heterocycles. The van der Waals surface area contributed by atoms with Crippen LogP contribution in [0.15, 0.2) is 12.1 Å². The largest absolute Gasteiger partial charge is 0.496 e. The molecule has 1 atom stereocenters. The zero-order valence-corrected chi connectivity index (χ0v) is 9.82. The topological polar surface area (TPSA) is 61.6 Å². The summed E-state index contributed by atoms with van der Waals surface area (Å²) in [5, 5.41) is 0. The SMILES string of the molecule is COc1cc(CC(C)N)c(OC)cc1C=O. The monoisotopic (exact) mass is 223 g/mol. The highest BCUT2D eigenvalue weighted by molar-refractivity contribution is 5.80. The number of hydrogen-bond donors (Lipinski definition) is 1. The Kier molecular flexibility index (Phi) is 4.31. The molecule has 1 unspecified atom stereocenters. The van der Waals surface area contributed by atoms with Gasteiger partial charge in [0, 0.05) is 6.04 Å². The van der Waals surface area contributed by atoms with Crippen molar-refractivity contribution >= 4 is 6.29 Å². The molecule has 88 valence electrons. The average molecular weight is 223 g/mol. The van der Waals surface area contributed by atoms with Crippen molar-refractivity contribution in [3.63, 3.8) is 0 Å². The molecule has 4 heteroatoms. The van der Waals surface area contributed by atoms with Gasteiger partial charge in [0.15, 0.2) is 6.29 Å². The molecule has 0 saturated carbocycles. The van der Waals surface area contributed by atoms with Crippen molar-refractivity contribution in [3.05, 3.63) is 23.3 Å². The second kappa shape index (κ2) is 5.51. The minimum Gasteiger partial charge on any atom is -0.496 e. The van der Waals surface area contributed by atoms with Crippen LogP contribution in [0, 0.1) is 0 Å². The van der Waals surface area contributed by atoms with Crippen molar-refractivity contribution in [2.75, 3.05) is 14.2 Å². The van der Waals surface area contributed by atoms with E-state index in [-0.39, 0.29) is 6.04 Å². The van der Waals surface area contributed by atoms with Crippen LogP contribution >= 0.6 is 0 Å². The highest BCUT2D eigenvalue weighted by Crippen LogP contribution is 2.28. The van der Waals surface area contributed by atoms with Gasteiger partial charge in [-0.1, -0.05) is 0 Å². The Morgan fingerprint density at radius 3 is 2.38 bits per heavy atom. The smallest absolute Gasteiger partial charge is 0.153 e. The predicted molar refractivity (Wildman–Crippen MR) is 62.3 cm³/mol. The van der Waals surface area contributed by atoms with Crippen LogP contribution in [-0.4, -0.2) is 26.5 Å². The number of benzene rings is 1. The van der Waals surface area contributed by atoms with E-state index in [0.717, 1.165) is 11.8 Å². The van der Waals surface area contributed by atoms with Gasteiger partial charge in [0.1, 0.15) is 11.5 Å². The van der Waals surface area contributed by atoms with Gasteiger partial charge in [0.05, 0.1) is 19.8 Å². The van der Waals surface area contributed by atoms with Gasteiger partial charge in [-0.3, -0.25) is 4.79 Å². The summed E-state index contributed by atoms with van der Waals surface area (Å²) in [6, 6.07) is 3.50. The van der Waals surface area contributed by atoms with Gasteiger partial charge >= 0.3 is 0 Å². The van der Waals surface area contributed by atoms with E-state index in [2.05, 4.69) is 0 Å². The first kappa shape index (κ1) is 12.5. The van der Waals surface area contributed by atoms with Crippen LogP contribution in [0.2, 0.25) is 0 Å². The number of hydrogen-bond acceptors (Lipinski definition) is 4. The first-order valence-corrected chi connectivity index (χ1v) is 5.08. The normalized spacial score (nSPS) is 12.0. The minimum absolute atomic E-state index is 0.0284. The Morgan fingerprint density at radius 2 is 1.94 bits per heavy atom. The molecular formula is C12H17NO3. The standard InChI is InChI=1S/C12H17NO3/c1-8(13)4-9-5-12(16-3)10(7-14)6-11(9)15-2/h5-8H,4,13H2,1-3H3. The molecule has 0 fully saturated rings. The van der Waals surface area contributed by atoms with Crippen LogP contribution in [0.3, 0.4) is 0 Å². The number of carbonyl (C=O) groups excluding carboxylic acids is 1. The number of nitrogens with two attached hydrogens (primary N) is 1. The summed E-state index contributed by atoms with van der Waals surface area (Å²) in [6.07, 6.45) is 1.43. The Bertz CT molecular complexity index is 375. The lowest BCUT2D eigenvalue weighted by molar-refractivity contribution is 0.112. The molecule has 0 radical (unpaired) electrons. The van der Waals surface area contributed by atoms with E-state index in [1.54, 1.807) is 19.2 Å². The molecule has 0 aliphatic rings. The minimum atomic E-state index is 0.0284.